The zero-order chi connectivity index (χ0) is 15.2. The number of aryl methyl sites for hydroxylation is 1. The Hall–Kier alpha value is -1.59. The van der Waals surface area contributed by atoms with Crippen LogP contribution in [0.4, 0.5) is 11.4 Å². The van der Waals surface area contributed by atoms with Gasteiger partial charge in [-0.05, 0) is 44.4 Å². The number of ether oxygens (including phenoxy) is 1. The van der Waals surface area contributed by atoms with E-state index in [0.717, 1.165) is 37.4 Å². The standard InChI is InChI=1S/C16H25N3O2/c1-12-5-3-7-14(17)16(12)18-15(20)10-19(2)9-13-6-4-8-21-11-13/h3,5,7,13H,4,6,8-11,17H2,1-2H3,(H,18,20). The predicted octanol–water partition coefficient (Wildman–Crippen LogP) is 1.87. The van der Waals surface area contributed by atoms with Crippen molar-refractivity contribution in [3.05, 3.63) is 23.8 Å². The highest BCUT2D eigenvalue weighted by Crippen LogP contribution is 2.22. The normalized spacial score (nSPS) is 18.7. The lowest BCUT2D eigenvalue weighted by atomic mass is 10.0. The van der Waals surface area contributed by atoms with Crippen LogP contribution in [0.25, 0.3) is 0 Å². The molecule has 1 aromatic rings. The maximum Gasteiger partial charge on any atom is 0.238 e. The van der Waals surface area contributed by atoms with E-state index in [-0.39, 0.29) is 5.91 Å². The van der Waals surface area contributed by atoms with Crippen molar-refractivity contribution in [3.8, 4) is 0 Å². The quantitative estimate of drug-likeness (QED) is 0.813. The van der Waals surface area contributed by atoms with Crippen molar-refractivity contribution in [3.63, 3.8) is 0 Å². The number of hydrogen-bond donors (Lipinski definition) is 2. The van der Waals surface area contributed by atoms with Crippen molar-refractivity contribution in [1.29, 1.82) is 0 Å². The summed E-state index contributed by atoms with van der Waals surface area (Å²) in [4.78, 5) is 14.2. The first-order valence-corrected chi connectivity index (χ1v) is 7.47. The smallest absolute Gasteiger partial charge is 0.238 e. The number of nitrogens with two attached hydrogens (primary N) is 1. The summed E-state index contributed by atoms with van der Waals surface area (Å²) in [5.74, 6) is 0.496. The average Bonchev–Trinajstić information content (AvgIpc) is 2.44. The molecule has 1 saturated heterocycles. The first-order valence-electron chi connectivity index (χ1n) is 7.47. The summed E-state index contributed by atoms with van der Waals surface area (Å²) in [5, 5.41) is 2.91. The van der Waals surface area contributed by atoms with Crippen LogP contribution in [0.2, 0.25) is 0 Å². The molecule has 3 N–H and O–H groups in total. The fraction of sp³-hybridized carbons (Fsp3) is 0.562. The largest absolute Gasteiger partial charge is 0.397 e. The van der Waals surface area contributed by atoms with Crippen LogP contribution in [0.1, 0.15) is 18.4 Å². The molecular formula is C16H25N3O2. The molecule has 1 aromatic carbocycles. The van der Waals surface area contributed by atoms with Gasteiger partial charge in [0.15, 0.2) is 0 Å². The summed E-state index contributed by atoms with van der Waals surface area (Å²) >= 11 is 0. The molecule has 1 aliphatic rings. The van der Waals surface area contributed by atoms with E-state index >= 15 is 0 Å². The van der Waals surface area contributed by atoms with Crippen molar-refractivity contribution < 1.29 is 9.53 Å². The minimum atomic E-state index is -0.0322. The topological polar surface area (TPSA) is 67.6 Å². The number of carbonyl (C=O) groups excluding carboxylic acids is 1. The van der Waals surface area contributed by atoms with Crippen LogP contribution < -0.4 is 11.1 Å². The van der Waals surface area contributed by atoms with Gasteiger partial charge >= 0.3 is 0 Å². The van der Waals surface area contributed by atoms with E-state index in [4.69, 9.17) is 10.5 Å². The molecule has 2 rings (SSSR count). The Labute approximate surface area is 126 Å². The maximum absolute atomic E-state index is 12.1. The Balaban J connectivity index is 1.83. The summed E-state index contributed by atoms with van der Waals surface area (Å²) in [7, 11) is 1.97. The second-order valence-corrected chi connectivity index (χ2v) is 5.87. The molecule has 0 spiro atoms. The molecule has 1 amide bonds. The second-order valence-electron chi connectivity index (χ2n) is 5.87. The summed E-state index contributed by atoms with van der Waals surface area (Å²) in [6, 6.07) is 5.62. The summed E-state index contributed by atoms with van der Waals surface area (Å²) < 4.78 is 5.47. The number of nitrogen functional groups attached to an aromatic ring is 1. The van der Waals surface area contributed by atoms with Gasteiger partial charge in [-0.2, -0.15) is 0 Å². The lowest BCUT2D eigenvalue weighted by Crippen LogP contribution is -2.36. The molecular weight excluding hydrogens is 266 g/mol. The highest BCUT2D eigenvalue weighted by atomic mass is 16.5. The van der Waals surface area contributed by atoms with Crippen molar-refractivity contribution >= 4 is 17.3 Å². The number of amides is 1. The molecule has 116 valence electrons. The molecule has 21 heavy (non-hydrogen) atoms. The van der Waals surface area contributed by atoms with Gasteiger partial charge in [0.1, 0.15) is 0 Å². The van der Waals surface area contributed by atoms with E-state index in [0.29, 0.717) is 18.2 Å². The molecule has 5 nitrogen and oxygen atoms in total. The number of rotatable bonds is 5. The minimum Gasteiger partial charge on any atom is -0.397 e. The lowest BCUT2D eigenvalue weighted by Gasteiger charge is -2.26. The molecule has 1 heterocycles. The van der Waals surface area contributed by atoms with Crippen LogP contribution in [-0.2, 0) is 9.53 Å². The number of carbonyl (C=O) groups is 1. The summed E-state index contributed by atoms with van der Waals surface area (Å²) in [5.41, 5.74) is 8.21. The molecule has 1 atom stereocenters. The van der Waals surface area contributed by atoms with E-state index < -0.39 is 0 Å². The van der Waals surface area contributed by atoms with Crippen molar-refractivity contribution in [2.75, 3.05) is 44.4 Å². The number of nitrogens with zero attached hydrogens (tertiary/aromatic N) is 1. The highest BCUT2D eigenvalue weighted by molar-refractivity contribution is 5.96. The zero-order valence-corrected chi connectivity index (χ0v) is 12.9. The van der Waals surface area contributed by atoms with Gasteiger partial charge in [0.25, 0.3) is 0 Å². The van der Waals surface area contributed by atoms with Crippen LogP contribution in [0.5, 0.6) is 0 Å². The molecule has 1 fully saturated rings. The Morgan fingerprint density at radius 2 is 2.33 bits per heavy atom. The average molecular weight is 291 g/mol. The van der Waals surface area contributed by atoms with Gasteiger partial charge in [0.2, 0.25) is 5.91 Å². The van der Waals surface area contributed by atoms with Gasteiger partial charge in [0, 0.05) is 13.2 Å². The Bertz CT molecular complexity index is 464. The molecule has 0 radical (unpaired) electrons. The first-order chi connectivity index (χ1) is 10.1. The van der Waals surface area contributed by atoms with Crippen LogP contribution in [0.15, 0.2) is 18.2 Å². The van der Waals surface area contributed by atoms with E-state index in [9.17, 15) is 4.79 Å². The lowest BCUT2D eigenvalue weighted by molar-refractivity contribution is -0.117. The SMILES string of the molecule is Cc1cccc(N)c1NC(=O)CN(C)CC1CCCOC1. The van der Waals surface area contributed by atoms with E-state index in [2.05, 4.69) is 5.32 Å². The fourth-order valence-corrected chi connectivity index (χ4v) is 2.74. The van der Waals surface area contributed by atoms with Gasteiger partial charge in [-0.25, -0.2) is 0 Å². The van der Waals surface area contributed by atoms with Crippen LogP contribution in [0, 0.1) is 12.8 Å². The number of para-hydroxylation sites is 1. The van der Waals surface area contributed by atoms with Crippen molar-refractivity contribution in [2.24, 2.45) is 5.92 Å². The number of nitrogens with one attached hydrogen (secondary N) is 1. The van der Waals surface area contributed by atoms with Crippen molar-refractivity contribution in [1.82, 2.24) is 4.90 Å². The number of likely N-dealkylation sites (N-methyl/N-ethyl adjacent to an activating group) is 1. The van der Waals surface area contributed by atoms with Gasteiger partial charge in [-0.15, -0.1) is 0 Å². The molecule has 5 heteroatoms. The minimum absolute atomic E-state index is 0.0322. The van der Waals surface area contributed by atoms with E-state index in [1.54, 1.807) is 6.07 Å². The van der Waals surface area contributed by atoms with Gasteiger partial charge in [-0.1, -0.05) is 12.1 Å². The Morgan fingerprint density at radius 3 is 3.00 bits per heavy atom. The first kappa shape index (κ1) is 15.8. The fourth-order valence-electron chi connectivity index (χ4n) is 2.74. The molecule has 0 saturated carbocycles. The van der Waals surface area contributed by atoms with Crippen molar-refractivity contribution in [2.45, 2.75) is 19.8 Å². The summed E-state index contributed by atoms with van der Waals surface area (Å²) in [6.45, 7) is 4.86. The number of hydrogen-bond acceptors (Lipinski definition) is 4. The van der Waals surface area contributed by atoms with Crippen LogP contribution in [-0.4, -0.2) is 44.2 Å². The van der Waals surface area contributed by atoms with Gasteiger partial charge in [-0.3, -0.25) is 9.69 Å². The zero-order valence-electron chi connectivity index (χ0n) is 12.9. The monoisotopic (exact) mass is 291 g/mol. The molecule has 0 aliphatic carbocycles. The highest BCUT2D eigenvalue weighted by Gasteiger charge is 2.17. The molecule has 1 aliphatic heterocycles. The number of anilines is 2. The third-order valence-corrected chi connectivity index (χ3v) is 3.81. The molecule has 0 aromatic heterocycles. The Morgan fingerprint density at radius 1 is 1.52 bits per heavy atom. The van der Waals surface area contributed by atoms with Crippen LogP contribution in [0.3, 0.4) is 0 Å². The molecule has 0 bridgehead atoms. The number of benzene rings is 1. The van der Waals surface area contributed by atoms with E-state index in [1.165, 1.54) is 6.42 Å². The van der Waals surface area contributed by atoms with Crippen LogP contribution >= 0.6 is 0 Å². The maximum atomic E-state index is 12.1. The van der Waals surface area contributed by atoms with E-state index in [1.807, 2.05) is 31.0 Å². The molecule has 1 unspecified atom stereocenters. The summed E-state index contributed by atoms with van der Waals surface area (Å²) in [6.07, 6.45) is 2.29. The third kappa shape index (κ3) is 4.72. The third-order valence-electron chi connectivity index (χ3n) is 3.81. The second kappa shape index (κ2) is 7.43. The van der Waals surface area contributed by atoms with Gasteiger partial charge < -0.3 is 15.8 Å². The van der Waals surface area contributed by atoms with Gasteiger partial charge in [0.05, 0.1) is 24.5 Å². The Kier molecular flexibility index (Phi) is 5.59. The predicted molar refractivity (Wildman–Crippen MR) is 85.3 cm³/mol.